The summed E-state index contributed by atoms with van der Waals surface area (Å²) in [5, 5.41) is 7.62. The first-order valence-corrected chi connectivity index (χ1v) is 10.9. The van der Waals surface area contributed by atoms with Crippen molar-refractivity contribution in [1.29, 1.82) is 0 Å². The molecule has 1 saturated carbocycles. The number of hydrogen-bond donors (Lipinski definition) is 3. The maximum Gasteiger partial charge on any atom is 0.254 e. The van der Waals surface area contributed by atoms with Crippen LogP contribution >= 0.6 is 0 Å². The van der Waals surface area contributed by atoms with Crippen LogP contribution in [0.5, 0.6) is 11.5 Å². The average Bonchev–Trinajstić information content (AvgIpc) is 3.18. The number of rotatable bonds is 7. The van der Waals surface area contributed by atoms with Gasteiger partial charge in [-0.2, -0.15) is 5.10 Å². The molecule has 1 aliphatic carbocycles. The average molecular weight is 446 g/mol. The predicted octanol–water partition coefficient (Wildman–Crippen LogP) is 3.81. The van der Waals surface area contributed by atoms with E-state index in [2.05, 4.69) is 17.0 Å². The molecule has 33 heavy (non-hydrogen) atoms. The lowest BCUT2D eigenvalue weighted by atomic mass is 9.91. The van der Waals surface area contributed by atoms with E-state index in [1.54, 1.807) is 4.68 Å². The summed E-state index contributed by atoms with van der Waals surface area (Å²) in [6.45, 7) is 3.49. The number of nitrogen functional groups attached to an aromatic ring is 1. The van der Waals surface area contributed by atoms with Gasteiger partial charge in [0, 0.05) is 11.6 Å². The molecule has 5 N–H and O–H groups in total. The summed E-state index contributed by atoms with van der Waals surface area (Å²) in [5.74, 6) is 0.871. The van der Waals surface area contributed by atoms with E-state index in [4.69, 9.17) is 16.2 Å². The summed E-state index contributed by atoms with van der Waals surface area (Å²) < 4.78 is 7.54. The largest absolute Gasteiger partial charge is 0.457 e. The number of carbonyl (C=O) groups excluding carboxylic acids is 2. The zero-order valence-electron chi connectivity index (χ0n) is 18.2. The molecule has 0 radical (unpaired) electrons. The Morgan fingerprint density at radius 2 is 1.67 bits per heavy atom. The van der Waals surface area contributed by atoms with E-state index in [9.17, 15) is 9.59 Å². The van der Waals surface area contributed by atoms with Crippen molar-refractivity contribution < 1.29 is 14.3 Å². The van der Waals surface area contributed by atoms with Crippen LogP contribution in [0.3, 0.4) is 0 Å². The number of benzene rings is 2. The molecular weight excluding hydrogens is 418 g/mol. The fourth-order valence-electron chi connectivity index (χ4n) is 4.20. The molecule has 4 rings (SSSR count). The van der Waals surface area contributed by atoms with Crippen molar-refractivity contribution in [2.75, 3.05) is 5.73 Å². The smallest absolute Gasteiger partial charge is 0.254 e. The van der Waals surface area contributed by atoms with Gasteiger partial charge < -0.3 is 21.5 Å². The zero-order chi connectivity index (χ0) is 23.4. The number of nitrogens with one attached hydrogen (secondary N) is 1. The van der Waals surface area contributed by atoms with Crippen LogP contribution in [0.15, 0.2) is 67.3 Å². The molecule has 0 saturated heterocycles. The fourth-order valence-corrected chi connectivity index (χ4v) is 4.20. The highest BCUT2D eigenvalue weighted by atomic mass is 16.5. The Morgan fingerprint density at radius 1 is 1.03 bits per heavy atom. The van der Waals surface area contributed by atoms with Gasteiger partial charge in [-0.05, 0) is 68.2 Å². The second-order valence-corrected chi connectivity index (χ2v) is 8.08. The highest BCUT2D eigenvalue weighted by Crippen LogP contribution is 2.35. The lowest BCUT2D eigenvalue weighted by Gasteiger charge is -2.29. The lowest BCUT2D eigenvalue weighted by Crippen LogP contribution is -2.37. The highest BCUT2D eigenvalue weighted by molar-refractivity contribution is 6.03. The Morgan fingerprint density at radius 3 is 2.27 bits per heavy atom. The predicted molar refractivity (Wildman–Crippen MR) is 127 cm³/mol. The Labute approximate surface area is 192 Å². The molecule has 8 heteroatoms. The van der Waals surface area contributed by atoms with E-state index >= 15 is 0 Å². The molecule has 8 nitrogen and oxygen atoms in total. The van der Waals surface area contributed by atoms with Gasteiger partial charge in [0.25, 0.3) is 5.91 Å². The van der Waals surface area contributed by atoms with E-state index in [1.807, 2.05) is 54.6 Å². The number of carbonyl (C=O) groups is 2. The fraction of sp³-hybridized carbons (Fsp3) is 0.240. The number of nitrogens with two attached hydrogens (primary N) is 2. The normalized spacial score (nSPS) is 17.8. The Kier molecular flexibility index (Phi) is 6.44. The van der Waals surface area contributed by atoms with Gasteiger partial charge in [0.15, 0.2) is 0 Å². The molecule has 0 aliphatic heterocycles. The first-order chi connectivity index (χ1) is 16.0. The van der Waals surface area contributed by atoms with Crippen LogP contribution in [0, 0.1) is 0 Å². The molecule has 2 aromatic carbocycles. The summed E-state index contributed by atoms with van der Waals surface area (Å²) in [6, 6.07) is 16.9. The summed E-state index contributed by atoms with van der Waals surface area (Å²) in [6.07, 6.45) is 4.40. The molecule has 1 heterocycles. The third-order valence-corrected chi connectivity index (χ3v) is 5.87. The van der Waals surface area contributed by atoms with Crippen molar-refractivity contribution in [2.45, 2.75) is 37.8 Å². The van der Waals surface area contributed by atoms with Gasteiger partial charge in [-0.1, -0.05) is 24.8 Å². The van der Waals surface area contributed by atoms with E-state index < -0.39 is 5.91 Å². The molecule has 0 spiro atoms. The SMILES string of the molecule is C=CC(=O)NC1CCC(n2nc(-c3ccc(Oc4ccccc4)cc3)c(C(N)=O)c2N)CC1. The van der Waals surface area contributed by atoms with Gasteiger partial charge in [0.05, 0.1) is 6.04 Å². The number of primary amides is 1. The van der Waals surface area contributed by atoms with Crippen molar-refractivity contribution in [1.82, 2.24) is 15.1 Å². The van der Waals surface area contributed by atoms with Gasteiger partial charge in [-0.3, -0.25) is 9.59 Å². The summed E-state index contributed by atoms with van der Waals surface area (Å²) >= 11 is 0. The Bertz CT molecular complexity index is 1150. The van der Waals surface area contributed by atoms with E-state index in [1.165, 1.54) is 6.08 Å². The quantitative estimate of drug-likeness (QED) is 0.477. The van der Waals surface area contributed by atoms with Gasteiger partial charge in [-0.15, -0.1) is 0 Å². The molecule has 1 aromatic heterocycles. The van der Waals surface area contributed by atoms with E-state index in [-0.39, 0.29) is 29.4 Å². The topological polar surface area (TPSA) is 125 Å². The minimum absolute atomic E-state index is 0.0226. The van der Waals surface area contributed by atoms with Crippen LogP contribution in [0.1, 0.15) is 42.1 Å². The Balaban J connectivity index is 1.54. The first kappa shape index (κ1) is 22.1. The third-order valence-electron chi connectivity index (χ3n) is 5.87. The highest BCUT2D eigenvalue weighted by Gasteiger charge is 2.29. The maximum atomic E-state index is 12.2. The number of hydrogen-bond acceptors (Lipinski definition) is 5. The van der Waals surface area contributed by atoms with Gasteiger partial charge in [0.1, 0.15) is 28.6 Å². The molecule has 170 valence electrons. The van der Waals surface area contributed by atoms with Gasteiger partial charge in [0.2, 0.25) is 5.91 Å². The molecule has 0 atom stereocenters. The van der Waals surface area contributed by atoms with Crippen molar-refractivity contribution >= 4 is 17.6 Å². The number of ether oxygens (including phenoxy) is 1. The second kappa shape index (κ2) is 9.60. The van der Waals surface area contributed by atoms with Crippen LogP contribution < -0.4 is 21.5 Å². The number of amides is 2. The van der Waals surface area contributed by atoms with Crippen molar-refractivity contribution in [3.8, 4) is 22.8 Å². The van der Waals surface area contributed by atoms with Crippen LogP contribution in [-0.4, -0.2) is 27.6 Å². The zero-order valence-corrected chi connectivity index (χ0v) is 18.2. The molecule has 0 unspecified atom stereocenters. The third kappa shape index (κ3) is 4.90. The first-order valence-electron chi connectivity index (χ1n) is 10.9. The van der Waals surface area contributed by atoms with E-state index in [0.29, 0.717) is 11.4 Å². The minimum Gasteiger partial charge on any atom is -0.457 e. The second-order valence-electron chi connectivity index (χ2n) is 8.08. The van der Waals surface area contributed by atoms with E-state index in [0.717, 1.165) is 37.0 Å². The number of anilines is 1. The number of para-hydroxylation sites is 1. The molecule has 1 aliphatic rings. The standard InChI is InChI=1S/C25H27N5O3/c1-2-21(31)28-17-10-12-18(13-11-17)30-24(26)22(25(27)32)23(29-30)16-8-14-20(15-9-16)33-19-6-4-3-5-7-19/h2-9,14-15,17-18H,1,10-13,26H2,(H2,27,32)(H,28,31). The van der Waals surface area contributed by atoms with Crippen LogP contribution in [0.4, 0.5) is 5.82 Å². The Hall–Kier alpha value is -4.07. The lowest BCUT2D eigenvalue weighted by molar-refractivity contribution is -0.117. The molecule has 0 bridgehead atoms. The van der Waals surface area contributed by atoms with Crippen molar-refractivity contribution in [2.24, 2.45) is 5.73 Å². The summed E-state index contributed by atoms with van der Waals surface area (Å²) in [5.41, 5.74) is 13.4. The monoisotopic (exact) mass is 445 g/mol. The number of nitrogens with zero attached hydrogens (tertiary/aromatic N) is 2. The molecule has 2 amide bonds. The van der Waals surface area contributed by atoms with Gasteiger partial charge in [-0.25, -0.2) is 4.68 Å². The van der Waals surface area contributed by atoms with Crippen molar-refractivity contribution in [3.05, 3.63) is 72.8 Å². The van der Waals surface area contributed by atoms with Crippen LogP contribution in [-0.2, 0) is 4.79 Å². The van der Waals surface area contributed by atoms with Gasteiger partial charge >= 0.3 is 0 Å². The number of aromatic nitrogens is 2. The summed E-state index contributed by atoms with van der Waals surface area (Å²) in [4.78, 5) is 23.8. The summed E-state index contributed by atoms with van der Waals surface area (Å²) in [7, 11) is 0. The van der Waals surface area contributed by atoms with Crippen LogP contribution in [0.2, 0.25) is 0 Å². The molecule has 3 aromatic rings. The molecule has 1 fully saturated rings. The van der Waals surface area contributed by atoms with Crippen LogP contribution in [0.25, 0.3) is 11.3 Å². The molecular formula is C25H27N5O3. The van der Waals surface area contributed by atoms with Crippen molar-refractivity contribution in [3.63, 3.8) is 0 Å². The maximum absolute atomic E-state index is 12.2. The minimum atomic E-state index is -0.620.